The van der Waals surface area contributed by atoms with Gasteiger partial charge in [0.15, 0.2) is 0 Å². The fourth-order valence-electron chi connectivity index (χ4n) is 5.24. The number of benzene rings is 1. The molecular formula is C34H51ClN4. The van der Waals surface area contributed by atoms with E-state index in [0.29, 0.717) is 5.92 Å². The Morgan fingerprint density at radius 3 is 2.51 bits per heavy atom. The molecule has 214 valence electrons. The Morgan fingerprint density at radius 1 is 1.18 bits per heavy atom. The molecule has 0 saturated carbocycles. The van der Waals surface area contributed by atoms with E-state index in [4.69, 9.17) is 16.6 Å². The molecule has 1 aromatic carbocycles. The monoisotopic (exact) mass is 550 g/mol. The van der Waals surface area contributed by atoms with Crippen molar-refractivity contribution >= 4 is 17.8 Å². The predicted octanol–water partition coefficient (Wildman–Crippen LogP) is 10.4. The molecule has 1 aliphatic heterocycles. The minimum Gasteiger partial charge on any atom is -0.343 e. The van der Waals surface area contributed by atoms with E-state index in [0.717, 1.165) is 90.4 Å². The van der Waals surface area contributed by atoms with Crippen molar-refractivity contribution in [3.8, 4) is 11.3 Å². The van der Waals surface area contributed by atoms with Crippen molar-refractivity contribution in [1.82, 2.24) is 14.9 Å². The molecule has 0 radical (unpaired) electrons. The third kappa shape index (κ3) is 7.97. The van der Waals surface area contributed by atoms with Gasteiger partial charge in [0, 0.05) is 52.1 Å². The van der Waals surface area contributed by atoms with Crippen LogP contribution < -0.4 is 5.32 Å². The Kier molecular flexibility index (Phi) is 12.8. The maximum Gasteiger partial charge on any atom is 0.134 e. The third-order valence-electron chi connectivity index (χ3n) is 7.56. The number of halogens is 1. The zero-order valence-electron chi connectivity index (χ0n) is 25.8. The van der Waals surface area contributed by atoms with E-state index in [1.165, 1.54) is 11.4 Å². The Labute approximate surface area is 243 Å². The van der Waals surface area contributed by atoms with Gasteiger partial charge in [0.25, 0.3) is 0 Å². The first-order chi connectivity index (χ1) is 18.6. The van der Waals surface area contributed by atoms with Gasteiger partial charge < -0.3 is 9.88 Å². The number of imidazole rings is 1. The smallest absolute Gasteiger partial charge is 0.134 e. The first kappa shape index (κ1) is 32.6. The molecule has 1 unspecified atom stereocenters. The summed E-state index contributed by atoms with van der Waals surface area (Å²) >= 11 is 6.45. The van der Waals surface area contributed by atoms with Crippen molar-refractivity contribution in [3.63, 3.8) is 0 Å². The molecule has 0 bridgehead atoms. The third-order valence-corrected chi connectivity index (χ3v) is 7.97. The number of aliphatic imine (C=N–C) groups is 1. The maximum absolute atomic E-state index is 6.45. The molecule has 0 spiro atoms. The topological polar surface area (TPSA) is 42.2 Å². The van der Waals surface area contributed by atoms with Gasteiger partial charge in [-0.1, -0.05) is 91.3 Å². The van der Waals surface area contributed by atoms with Crippen LogP contribution in [0.25, 0.3) is 11.3 Å². The van der Waals surface area contributed by atoms with Crippen LogP contribution in [0.15, 0.2) is 65.2 Å². The average molecular weight is 551 g/mol. The molecule has 0 saturated heterocycles. The molecule has 0 amide bonds. The number of hydrogen-bond donors (Lipinski definition) is 1. The Bertz CT molecular complexity index is 1180. The van der Waals surface area contributed by atoms with Crippen LogP contribution in [0.3, 0.4) is 0 Å². The molecule has 2 aromatic rings. The molecular weight excluding hydrogens is 500 g/mol. The highest BCUT2D eigenvalue weighted by atomic mass is 35.5. The fraction of sp³-hybridized carbons (Fsp3) is 0.529. The maximum atomic E-state index is 6.45. The Balaban J connectivity index is 0.00000260. The van der Waals surface area contributed by atoms with Gasteiger partial charge in [-0.25, -0.2) is 9.98 Å². The highest BCUT2D eigenvalue weighted by molar-refractivity contribution is 6.31. The number of allylic oxidation sites excluding steroid dienone is 2. The predicted molar refractivity (Wildman–Crippen MR) is 172 cm³/mol. The van der Waals surface area contributed by atoms with E-state index in [2.05, 4.69) is 74.1 Å². The zero-order valence-corrected chi connectivity index (χ0v) is 26.5. The standard InChI is InChI=1S/C32H45ClN4.C2H6/c1-9-12-19-37-21-28(26-18-17-22(4)27(33)20-26)36-31(37)25(14-10-2)16-13-15-23(5)29-30(34-11-3)35-24(6)32(29,7)8;1-2/h11,17-18,20-21,25,35H,5-6,9-10,12-16,19H2,1-4,7-8H3;1-2H3/b34-11-;. The quantitative estimate of drug-likeness (QED) is 0.252. The number of rotatable bonds is 13. The van der Waals surface area contributed by atoms with Gasteiger partial charge in [-0.15, -0.1) is 0 Å². The van der Waals surface area contributed by atoms with Crippen LogP contribution in [0.5, 0.6) is 0 Å². The summed E-state index contributed by atoms with van der Waals surface area (Å²) in [5, 5.41) is 4.17. The minimum absolute atomic E-state index is 0.178. The van der Waals surface area contributed by atoms with Crippen molar-refractivity contribution in [2.75, 3.05) is 0 Å². The average Bonchev–Trinajstić information content (AvgIpc) is 3.43. The van der Waals surface area contributed by atoms with Crippen LogP contribution in [-0.4, -0.2) is 15.8 Å². The van der Waals surface area contributed by atoms with Crippen molar-refractivity contribution in [2.24, 2.45) is 10.4 Å². The van der Waals surface area contributed by atoms with Crippen LogP contribution in [-0.2, 0) is 6.54 Å². The van der Waals surface area contributed by atoms with Crippen LogP contribution in [0, 0.1) is 12.3 Å². The normalized spacial score (nSPS) is 15.4. The van der Waals surface area contributed by atoms with Gasteiger partial charge in [0.1, 0.15) is 11.6 Å². The summed E-state index contributed by atoms with van der Waals surface area (Å²) in [5.41, 5.74) is 6.33. The van der Waals surface area contributed by atoms with Gasteiger partial charge in [-0.05, 0) is 63.2 Å². The Hall–Kier alpha value is -2.59. The lowest BCUT2D eigenvalue weighted by Gasteiger charge is -2.24. The second-order valence-electron chi connectivity index (χ2n) is 10.8. The summed E-state index contributed by atoms with van der Waals surface area (Å²) in [4.78, 5) is 9.77. The van der Waals surface area contributed by atoms with E-state index < -0.39 is 0 Å². The lowest BCUT2D eigenvalue weighted by Crippen LogP contribution is -2.17. The largest absolute Gasteiger partial charge is 0.343 e. The molecule has 1 aliphatic rings. The first-order valence-corrected chi connectivity index (χ1v) is 15.2. The highest BCUT2D eigenvalue weighted by Crippen LogP contribution is 2.45. The number of aryl methyl sites for hydroxylation is 2. The van der Waals surface area contributed by atoms with Crippen molar-refractivity contribution in [3.05, 3.63) is 76.6 Å². The summed E-state index contributed by atoms with van der Waals surface area (Å²) in [6.07, 6.45) is 11.7. The van der Waals surface area contributed by atoms with Crippen LogP contribution in [0.2, 0.25) is 5.02 Å². The van der Waals surface area contributed by atoms with Gasteiger partial charge >= 0.3 is 0 Å². The fourth-order valence-corrected chi connectivity index (χ4v) is 5.42. The molecule has 1 aromatic heterocycles. The summed E-state index contributed by atoms with van der Waals surface area (Å²) in [5.74, 6) is 2.51. The second kappa shape index (κ2) is 15.3. The van der Waals surface area contributed by atoms with Crippen LogP contribution in [0.4, 0.5) is 0 Å². The van der Waals surface area contributed by atoms with E-state index in [-0.39, 0.29) is 5.41 Å². The lowest BCUT2D eigenvalue weighted by molar-refractivity contribution is 0.482. The van der Waals surface area contributed by atoms with Crippen LogP contribution >= 0.6 is 11.6 Å². The number of unbranched alkanes of at least 4 members (excludes halogenated alkanes) is 1. The zero-order chi connectivity index (χ0) is 29.2. The van der Waals surface area contributed by atoms with E-state index in [1.54, 1.807) is 0 Å². The highest BCUT2D eigenvalue weighted by Gasteiger charge is 2.37. The number of nitrogens with one attached hydrogen (secondary N) is 1. The molecule has 1 N–H and O–H groups in total. The number of aromatic nitrogens is 2. The van der Waals surface area contributed by atoms with E-state index in [9.17, 15) is 0 Å². The summed E-state index contributed by atoms with van der Waals surface area (Å²) in [6, 6.07) is 6.25. The minimum atomic E-state index is -0.178. The summed E-state index contributed by atoms with van der Waals surface area (Å²) in [6.45, 7) is 26.6. The number of nitrogens with zero attached hydrogens (tertiary/aromatic N) is 3. The van der Waals surface area contributed by atoms with Gasteiger partial charge in [0.2, 0.25) is 0 Å². The molecule has 2 heterocycles. The second-order valence-corrected chi connectivity index (χ2v) is 11.2. The van der Waals surface area contributed by atoms with Crippen molar-refractivity contribution in [1.29, 1.82) is 0 Å². The van der Waals surface area contributed by atoms with Crippen LogP contribution in [0.1, 0.15) is 111 Å². The van der Waals surface area contributed by atoms with Gasteiger partial charge in [-0.2, -0.15) is 0 Å². The SMILES string of the molecule is C=C(CCCC(CCC)c1nc(-c2ccc(C)c(Cl)c2)cn1CCCC)C1=C(/N=C\C)NC(=C)C1(C)C.CC. The molecule has 39 heavy (non-hydrogen) atoms. The number of hydrogen-bond acceptors (Lipinski definition) is 3. The molecule has 0 fully saturated rings. The molecule has 5 heteroatoms. The van der Waals surface area contributed by atoms with Crippen molar-refractivity contribution < 1.29 is 0 Å². The lowest BCUT2D eigenvalue weighted by atomic mass is 9.79. The molecule has 1 atom stereocenters. The van der Waals surface area contributed by atoms with Gasteiger partial charge in [-0.3, -0.25) is 0 Å². The van der Waals surface area contributed by atoms with E-state index in [1.807, 2.05) is 40.0 Å². The molecule has 0 aliphatic carbocycles. The molecule has 4 nitrogen and oxygen atoms in total. The Morgan fingerprint density at radius 2 is 1.90 bits per heavy atom. The summed E-state index contributed by atoms with van der Waals surface area (Å²) < 4.78 is 2.40. The van der Waals surface area contributed by atoms with E-state index >= 15 is 0 Å². The summed E-state index contributed by atoms with van der Waals surface area (Å²) in [7, 11) is 0. The molecule has 3 rings (SSSR count). The van der Waals surface area contributed by atoms with Crippen molar-refractivity contribution in [2.45, 2.75) is 113 Å². The first-order valence-electron chi connectivity index (χ1n) is 14.9. The van der Waals surface area contributed by atoms with Gasteiger partial charge in [0.05, 0.1) is 5.69 Å².